The zero-order valence-electron chi connectivity index (χ0n) is 18.4. The molecule has 0 heterocycles. The number of rotatable bonds is 7. The first-order valence-electron chi connectivity index (χ1n) is 11.2. The summed E-state index contributed by atoms with van der Waals surface area (Å²) in [6.45, 7) is 3.42. The van der Waals surface area contributed by atoms with Gasteiger partial charge in [-0.3, -0.25) is 0 Å². The van der Waals surface area contributed by atoms with Crippen molar-refractivity contribution >= 4 is 16.9 Å². The van der Waals surface area contributed by atoms with Gasteiger partial charge in [0.05, 0.1) is 18.2 Å². The second kappa shape index (κ2) is 9.84. The number of nitriles is 1. The average molecular weight is 429 g/mol. The van der Waals surface area contributed by atoms with Gasteiger partial charge >= 0.3 is 6.16 Å². The van der Waals surface area contributed by atoms with Crippen LogP contribution >= 0.6 is 0 Å². The summed E-state index contributed by atoms with van der Waals surface area (Å²) in [7, 11) is 0. The van der Waals surface area contributed by atoms with Gasteiger partial charge in [0.15, 0.2) is 0 Å². The van der Waals surface area contributed by atoms with E-state index in [1.54, 1.807) is 6.92 Å². The van der Waals surface area contributed by atoms with Crippen LogP contribution in [0.4, 0.5) is 4.79 Å². The highest BCUT2D eigenvalue weighted by molar-refractivity contribution is 5.88. The molecule has 0 spiro atoms. The normalized spacial score (nSPS) is 14.8. The minimum atomic E-state index is -0.573. The number of ether oxygens (including phenoxy) is 2. The maximum absolute atomic E-state index is 11.9. The van der Waals surface area contributed by atoms with Crippen LogP contribution in [-0.2, 0) is 16.0 Å². The van der Waals surface area contributed by atoms with E-state index in [1.165, 1.54) is 5.56 Å². The maximum atomic E-state index is 11.9. The molecule has 32 heavy (non-hydrogen) atoms. The van der Waals surface area contributed by atoms with Crippen LogP contribution in [0.1, 0.15) is 43.7 Å². The standard InChI is InChI=1S/C27H28N2O3/c1-2-31-26(30)32-27(13-5-6-14-27)19-29-18-20-9-10-22-16-23(12-11-21(22)15-20)25-8-4-3-7-24(25)17-28/h3-4,7-12,15-16,29H,2,5-6,13-14,18-19H2,1H3. The Morgan fingerprint density at radius 2 is 1.81 bits per heavy atom. The molecule has 4 rings (SSSR count). The van der Waals surface area contributed by atoms with Crippen molar-refractivity contribution in [1.82, 2.24) is 5.32 Å². The second-order valence-electron chi connectivity index (χ2n) is 8.33. The highest BCUT2D eigenvalue weighted by Gasteiger charge is 2.38. The number of benzene rings is 3. The third-order valence-electron chi connectivity index (χ3n) is 6.12. The van der Waals surface area contributed by atoms with E-state index >= 15 is 0 Å². The minimum Gasteiger partial charge on any atom is -0.435 e. The molecule has 0 amide bonds. The van der Waals surface area contributed by atoms with Gasteiger partial charge in [-0.2, -0.15) is 5.26 Å². The molecule has 0 unspecified atom stereocenters. The Labute approximate surface area is 189 Å². The third kappa shape index (κ3) is 4.92. The smallest absolute Gasteiger partial charge is 0.435 e. The first-order valence-corrected chi connectivity index (χ1v) is 11.2. The van der Waals surface area contributed by atoms with Gasteiger partial charge in [0.25, 0.3) is 0 Å². The predicted octanol–water partition coefficient (Wildman–Crippen LogP) is 5.95. The monoisotopic (exact) mass is 428 g/mol. The number of fused-ring (bicyclic) bond motifs is 1. The van der Waals surface area contributed by atoms with Crippen LogP contribution in [0.25, 0.3) is 21.9 Å². The van der Waals surface area contributed by atoms with E-state index in [2.05, 4.69) is 47.8 Å². The van der Waals surface area contributed by atoms with Crippen molar-refractivity contribution in [3.8, 4) is 17.2 Å². The summed E-state index contributed by atoms with van der Waals surface area (Å²) in [6.07, 6.45) is 3.28. The largest absolute Gasteiger partial charge is 0.508 e. The van der Waals surface area contributed by atoms with Crippen molar-refractivity contribution in [2.45, 2.75) is 44.8 Å². The van der Waals surface area contributed by atoms with Crippen LogP contribution in [0.3, 0.4) is 0 Å². The summed E-state index contributed by atoms with van der Waals surface area (Å²) in [5.74, 6) is 0. The van der Waals surface area contributed by atoms with Crippen LogP contribution in [0.15, 0.2) is 60.7 Å². The summed E-state index contributed by atoms with van der Waals surface area (Å²) in [5.41, 5.74) is 3.38. The number of nitrogens with zero attached hydrogens (tertiary/aromatic N) is 1. The number of hydrogen-bond donors (Lipinski definition) is 1. The van der Waals surface area contributed by atoms with E-state index in [-0.39, 0.29) is 0 Å². The lowest BCUT2D eigenvalue weighted by molar-refractivity contribution is -0.0299. The fourth-order valence-electron chi connectivity index (χ4n) is 4.50. The van der Waals surface area contributed by atoms with Gasteiger partial charge in [-0.1, -0.05) is 42.5 Å². The van der Waals surface area contributed by atoms with Crippen molar-refractivity contribution in [3.63, 3.8) is 0 Å². The van der Waals surface area contributed by atoms with E-state index in [1.807, 2.05) is 24.3 Å². The first kappa shape index (κ1) is 21.9. The van der Waals surface area contributed by atoms with Crippen molar-refractivity contribution in [3.05, 3.63) is 71.8 Å². The molecule has 5 nitrogen and oxygen atoms in total. The SMILES string of the molecule is CCOC(=O)OC1(CNCc2ccc3cc(-c4ccccc4C#N)ccc3c2)CCCC1. The molecule has 0 atom stereocenters. The Kier molecular flexibility index (Phi) is 6.72. The molecule has 1 aliphatic rings. The molecule has 1 saturated carbocycles. The minimum absolute atomic E-state index is 0.323. The van der Waals surface area contributed by atoms with Gasteiger partial charge in [-0.15, -0.1) is 0 Å². The second-order valence-corrected chi connectivity index (χ2v) is 8.33. The molecule has 3 aromatic carbocycles. The molecule has 5 heteroatoms. The van der Waals surface area contributed by atoms with Crippen LogP contribution in [-0.4, -0.2) is 24.9 Å². The maximum Gasteiger partial charge on any atom is 0.508 e. The van der Waals surface area contributed by atoms with E-state index in [0.717, 1.165) is 47.6 Å². The van der Waals surface area contributed by atoms with E-state index in [4.69, 9.17) is 9.47 Å². The van der Waals surface area contributed by atoms with E-state index in [9.17, 15) is 10.1 Å². The number of nitrogens with one attached hydrogen (secondary N) is 1. The molecule has 3 aromatic rings. The number of carbonyl (C=O) groups is 1. The fraction of sp³-hybridized carbons (Fsp3) is 0.333. The molecular weight excluding hydrogens is 400 g/mol. The molecule has 164 valence electrons. The highest BCUT2D eigenvalue weighted by Crippen LogP contribution is 2.33. The Balaban J connectivity index is 1.44. The van der Waals surface area contributed by atoms with Crippen molar-refractivity contribution < 1.29 is 14.3 Å². The third-order valence-corrected chi connectivity index (χ3v) is 6.12. The number of hydrogen-bond acceptors (Lipinski definition) is 5. The zero-order chi connectivity index (χ0) is 22.4. The zero-order valence-corrected chi connectivity index (χ0v) is 18.4. The Bertz CT molecular complexity index is 1140. The van der Waals surface area contributed by atoms with Crippen LogP contribution in [0.2, 0.25) is 0 Å². The van der Waals surface area contributed by atoms with Crippen molar-refractivity contribution in [1.29, 1.82) is 5.26 Å². The van der Waals surface area contributed by atoms with Gasteiger partial charge in [-0.25, -0.2) is 4.79 Å². The van der Waals surface area contributed by atoms with E-state index in [0.29, 0.717) is 25.3 Å². The van der Waals surface area contributed by atoms with Crippen LogP contribution < -0.4 is 5.32 Å². The highest BCUT2D eigenvalue weighted by atomic mass is 16.7. The first-order chi connectivity index (χ1) is 15.6. The molecule has 0 bridgehead atoms. The summed E-state index contributed by atoms with van der Waals surface area (Å²) < 4.78 is 10.7. The summed E-state index contributed by atoms with van der Waals surface area (Å²) in [5, 5.41) is 15.2. The van der Waals surface area contributed by atoms with Gasteiger partial charge in [-0.05, 0) is 78.3 Å². The van der Waals surface area contributed by atoms with Gasteiger partial charge in [0.2, 0.25) is 0 Å². The summed E-state index contributed by atoms with van der Waals surface area (Å²) in [6, 6.07) is 22.6. The Morgan fingerprint density at radius 3 is 2.59 bits per heavy atom. The number of carbonyl (C=O) groups excluding carboxylic acids is 1. The van der Waals surface area contributed by atoms with E-state index < -0.39 is 11.8 Å². The molecule has 0 aliphatic heterocycles. The van der Waals surface area contributed by atoms with Crippen molar-refractivity contribution in [2.75, 3.05) is 13.2 Å². The topological polar surface area (TPSA) is 71.3 Å². The average Bonchev–Trinajstić information content (AvgIpc) is 3.27. The lowest BCUT2D eigenvalue weighted by Gasteiger charge is -2.28. The summed E-state index contributed by atoms with van der Waals surface area (Å²) >= 11 is 0. The molecule has 1 aliphatic carbocycles. The molecule has 0 aromatic heterocycles. The molecule has 0 saturated heterocycles. The molecule has 1 N–H and O–H groups in total. The van der Waals surface area contributed by atoms with Crippen molar-refractivity contribution in [2.24, 2.45) is 0 Å². The molecule has 1 fully saturated rings. The lowest BCUT2D eigenvalue weighted by atomic mass is 9.97. The summed E-state index contributed by atoms with van der Waals surface area (Å²) in [4.78, 5) is 11.9. The quantitative estimate of drug-likeness (QED) is 0.471. The Morgan fingerprint density at radius 1 is 1.06 bits per heavy atom. The lowest BCUT2D eigenvalue weighted by Crippen LogP contribution is -2.42. The van der Waals surface area contributed by atoms with Crippen LogP contribution in [0.5, 0.6) is 0 Å². The fourth-order valence-corrected chi connectivity index (χ4v) is 4.50. The van der Waals surface area contributed by atoms with Gasteiger partial charge in [0, 0.05) is 13.1 Å². The van der Waals surface area contributed by atoms with Gasteiger partial charge < -0.3 is 14.8 Å². The van der Waals surface area contributed by atoms with Gasteiger partial charge in [0.1, 0.15) is 5.60 Å². The molecule has 0 radical (unpaired) electrons. The molecular formula is C27H28N2O3. The van der Waals surface area contributed by atoms with Crippen LogP contribution in [0, 0.1) is 11.3 Å². The predicted molar refractivity (Wildman–Crippen MR) is 125 cm³/mol. The Hall–Kier alpha value is -3.36.